The van der Waals surface area contributed by atoms with Crippen molar-refractivity contribution < 1.29 is 4.74 Å². The number of fused-ring (bicyclic) bond motifs is 2. The zero-order valence-corrected chi connectivity index (χ0v) is 16.6. The van der Waals surface area contributed by atoms with E-state index in [1.807, 2.05) is 30.5 Å². The molecule has 5 heteroatoms. The van der Waals surface area contributed by atoms with Gasteiger partial charge in [-0.2, -0.15) is 0 Å². The largest absolute Gasteiger partial charge is 0.497 e. The van der Waals surface area contributed by atoms with E-state index in [9.17, 15) is 0 Å². The van der Waals surface area contributed by atoms with Crippen molar-refractivity contribution in [3.63, 3.8) is 0 Å². The number of benzene rings is 3. The summed E-state index contributed by atoms with van der Waals surface area (Å²) in [6.07, 6.45) is 1.82. The molecule has 0 aliphatic carbocycles. The van der Waals surface area contributed by atoms with Gasteiger partial charge >= 0.3 is 0 Å². The molecule has 0 amide bonds. The van der Waals surface area contributed by atoms with Gasteiger partial charge in [-0.05, 0) is 23.6 Å². The lowest BCUT2D eigenvalue weighted by Gasteiger charge is -2.13. The first-order chi connectivity index (χ1) is 14.3. The van der Waals surface area contributed by atoms with Crippen molar-refractivity contribution in [2.45, 2.75) is 0 Å². The van der Waals surface area contributed by atoms with Crippen molar-refractivity contribution in [1.29, 1.82) is 0 Å². The van der Waals surface area contributed by atoms with E-state index >= 15 is 0 Å². The van der Waals surface area contributed by atoms with E-state index in [0.29, 0.717) is 0 Å². The van der Waals surface area contributed by atoms with Crippen molar-refractivity contribution in [1.82, 2.24) is 10.3 Å². The maximum absolute atomic E-state index is 5.40. The number of nitrogens with one attached hydrogen (secondary N) is 3. The Morgan fingerprint density at radius 3 is 2.38 bits per heavy atom. The van der Waals surface area contributed by atoms with E-state index in [1.165, 1.54) is 16.5 Å². The average Bonchev–Trinajstić information content (AvgIpc) is 2.78. The van der Waals surface area contributed by atoms with Gasteiger partial charge in [0.15, 0.2) is 0 Å². The Balaban J connectivity index is 1.25. The minimum absolute atomic E-state index is 0.813. The van der Waals surface area contributed by atoms with Gasteiger partial charge in [0.25, 0.3) is 0 Å². The number of rotatable bonds is 9. The minimum Gasteiger partial charge on any atom is -0.497 e. The molecule has 5 nitrogen and oxygen atoms in total. The van der Waals surface area contributed by atoms with E-state index < -0.39 is 0 Å². The lowest BCUT2D eigenvalue weighted by atomic mass is 10.1. The van der Waals surface area contributed by atoms with Crippen LogP contribution in [-0.2, 0) is 0 Å². The molecule has 0 saturated heterocycles. The van der Waals surface area contributed by atoms with Gasteiger partial charge < -0.3 is 20.7 Å². The molecule has 3 N–H and O–H groups in total. The standard InChI is InChI=1S/C24H26N4O/c1-29-20-16-19-8-5-11-28-24(19)23(17-20)27-15-13-25-12-14-26-22-10-4-7-18-6-2-3-9-21(18)22/h2-11,16-17,25-27H,12-15H2,1H3. The summed E-state index contributed by atoms with van der Waals surface area (Å²) >= 11 is 0. The average molecular weight is 386 g/mol. The number of methoxy groups -OCH3 is 1. The first-order valence-electron chi connectivity index (χ1n) is 9.94. The second-order valence-corrected chi connectivity index (χ2v) is 6.88. The summed E-state index contributed by atoms with van der Waals surface area (Å²) in [6.45, 7) is 3.44. The van der Waals surface area contributed by atoms with E-state index in [2.05, 4.69) is 63.4 Å². The van der Waals surface area contributed by atoms with Crippen molar-refractivity contribution in [3.8, 4) is 5.75 Å². The Labute approximate surface area is 171 Å². The van der Waals surface area contributed by atoms with E-state index in [1.54, 1.807) is 7.11 Å². The van der Waals surface area contributed by atoms with E-state index in [4.69, 9.17) is 4.74 Å². The Morgan fingerprint density at radius 1 is 0.759 bits per heavy atom. The number of aromatic nitrogens is 1. The van der Waals surface area contributed by atoms with Crippen LogP contribution in [0, 0.1) is 0 Å². The summed E-state index contributed by atoms with van der Waals surface area (Å²) in [5.41, 5.74) is 3.14. The van der Waals surface area contributed by atoms with Crippen LogP contribution in [0.2, 0.25) is 0 Å². The molecule has 0 atom stereocenters. The predicted molar refractivity (Wildman–Crippen MR) is 122 cm³/mol. The summed E-state index contributed by atoms with van der Waals surface area (Å²) in [6, 6.07) is 22.8. The molecule has 29 heavy (non-hydrogen) atoms. The van der Waals surface area contributed by atoms with Crippen LogP contribution >= 0.6 is 0 Å². The fourth-order valence-electron chi connectivity index (χ4n) is 3.49. The SMILES string of the molecule is COc1cc(NCCNCCNc2cccc3ccccc23)c2ncccc2c1. The third-order valence-electron chi connectivity index (χ3n) is 4.94. The van der Waals surface area contributed by atoms with Crippen molar-refractivity contribution in [3.05, 3.63) is 72.9 Å². The number of pyridine rings is 1. The molecule has 1 heterocycles. The summed E-state index contributed by atoms with van der Waals surface area (Å²) in [5.74, 6) is 0.834. The van der Waals surface area contributed by atoms with E-state index in [0.717, 1.165) is 48.5 Å². The zero-order chi connectivity index (χ0) is 19.9. The van der Waals surface area contributed by atoms with Crippen LogP contribution in [0.15, 0.2) is 72.9 Å². The van der Waals surface area contributed by atoms with Gasteiger partial charge in [-0.1, -0.05) is 42.5 Å². The fourth-order valence-corrected chi connectivity index (χ4v) is 3.49. The van der Waals surface area contributed by atoms with Gasteiger partial charge in [0.05, 0.1) is 18.3 Å². The highest BCUT2D eigenvalue weighted by Gasteiger charge is 2.05. The van der Waals surface area contributed by atoms with Crippen molar-refractivity contribution in [2.24, 2.45) is 0 Å². The maximum Gasteiger partial charge on any atom is 0.121 e. The molecule has 3 aromatic carbocycles. The smallest absolute Gasteiger partial charge is 0.121 e. The Hall–Kier alpha value is -3.31. The molecule has 4 rings (SSSR count). The summed E-state index contributed by atoms with van der Waals surface area (Å²) in [7, 11) is 1.69. The minimum atomic E-state index is 0.813. The lowest BCUT2D eigenvalue weighted by Crippen LogP contribution is -2.27. The number of hydrogen-bond donors (Lipinski definition) is 3. The molecule has 0 saturated carbocycles. The lowest BCUT2D eigenvalue weighted by molar-refractivity contribution is 0.415. The normalized spacial score (nSPS) is 10.9. The predicted octanol–water partition coefficient (Wildman–Crippen LogP) is 4.51. The Bertz CT molecular complexity index is 1090. The van der Waals surface area contributed by atoms with Crippen LogP contribution in [0.5, 0.6) is 5.75 Å². The molecule has 0 aliphatic rings. The first-order valence-corrected chi connectivity index (χ1v) is 9.94. The van der Waals surface area contributed by atoms with Gasteiger partial charge in [0.1, 0.15) is 5.75 Å². The van der Waals surface area contributed by atoms with Crippen LogP contribution in [0.25, 0.3) is 21.7 Å². The maximum atomic E-state index is 5.40. The number of anilines is 2. The van der Waals surface area contributed by atoms with Crippen LogP contribution < -0.4 is 20.7 Å². The van der Waals surface area contributed by atoms with Crippen molar-refractivity contribution >= 4 is 33.1 Å². The molecule has 0 aliphatic heterocycles. The summed E-state index contributed by atoms with van der Waals surface area (Å²) in [5, 5.41) is 14.1. The molecule has 0 fully saturated rings. The van der Waals surface area contributed by atoms with Crippen LogP contribution in [0.3, 0.4) is 0 Å². The molecule has 0 radical (unpaired) electrons. The van der Waals surface area contributed by atoms with Gasteiger partial charge in [0, 0.05) is 54.9 Å². The molecule has 0 spiro atoms. The third-order valence-corrected chi connectivity index (χ3v) is 4.94. The number of hydrogen-bond acceptors (Lipinski definition) is 5. The number of nitrogens with zero attached hydrogens (tertiary/aromatic N) is 1. The highest BCUT2D eigenvalue weighted by atomic mass is 16.5. The van der Waals surface area contributed by atoms with Gasteiger partial charge in [-0.15, -0.1) is 0 Å². The van der Waals surface area contributed by atoms with Gasteiger partial charge in [0.2, 0.25) is 0 Å². The summed E-state index contributed by atoms with van der Waals surface area (Å²) in [4.78, 5) is 4.49. The second-order valence-electron chi connectivity index (χ2n) is 6.88. The molecule has 1 aromatic heterocycles. The molecule has 4 aromatic rings. The van der Waals surface area contributed by atoms with Crippen molar-refractivity contribution in [2.75, 3.05) is 43.9 Å². The molecule has 0 unspecified atom stereocenters. The molecule has 148 valence electrons. The Morgan fingerprint density at radius 2 is 1.52 bits per heavy atom. The van der Waals surface area contributed by atoms with Crippen LogP contribution in [-0.4, -0.2) is 38.3 Å². The Kier molecular flexibility index (Phi) is 6.07. The first kappa shape index (κ1) is 19.0. The molecule has 0 bridgehead atoms. The van der Waals surface area contributed by atoms with E-state index in [-0.39, 0.29) is 0 Å². The van der Waals surface area contributed by atoms with Gasteiger partial charge in [-0.25, -0.2) is 0 Å². The zero-order valence-electron chi connectivity index (χ0n) is 16.6. The molecular formula is C24H26N4O. The monoisotopic (exact) mass is 386 g/mol. The topological polar surface area (TPSA) is 58.2 Å². The highest BCUT2D eigenvalue weighted by molar-refractivity contribution is 5.94. The quantitative estimate of drug-likeness (QED) is 0.370. The fraction of sp³-hybridized carbons (Fsp3) is 0.208. The highest BCUT2D eigenvalue weighted by Crippen LogP contribution is 2.27. The third kappa shape index (κ3) is 4.58. The van der Waals surface area contributed by atoms with Crippen LogP contribution in [0.4, 0.5) is 11.4 Å². The summed E-state index contributed by atoms with van der Waals surface area (Å²) < 4.78 is 5.40. The second kappa shape index (κ2) is 9.26. The van der Waals surface area contributed by atoms with Gasteiger partial charge in [-0.3, -0.25) is 4.98 Å². The number of ether oxygens (including phenoxy) is 1. The van der Waals surface area contributed by atoms with Crippen LogP contribution in [0.1, 0.15) is 0 Å². The molecular weight excluding hydrogens is 360 g/mol.